The number of nitrogens with one attached hydrogen (secondary N) is 1. The first-order chi connectivity index (χ1) is 7.54. The van der Waals surface area contributed by atoms with Crippen LogP contribution in [0.25, 0.3) is 0 Å². The SMILES string of the molecule is Cc1ccc(C(CCC(C)C)NN)cc1Cl. The van der Waals surface area contributed by atoms with Crippen LogP contribution in [0, 0.1) is 12.8 Å². The fourth-order valence-corrected chi connectivity index (χ4v) is 1.86. The van der Waals surface area contributed by atoms with Gasteiger partial charge in [0.05, 0.1) is 0 Å². The molecule has 1 unspecified atom stereocenters. The maximum atomic E-state index is 6.11. The molecule has 1 rings (SSSR count). The van der Waals surface area contributed by atoms with Gasteiger partial charge in [-0.2, -0.15) is 0 Å². The highest BCUT2D eigenvalue weighted by Crippen LogP contribution is 2.24. The zero-order chi connectivity index (χ0) is 12.1. The van der Waals surface area contributed by atoms with Gasteiger partial charge < -0.3 is 0 Å². The summed E-state index contributed by atoms with van der Waals surface area (Å²) in [6.07, 6.45) is 2.19. The number of hydrogen-bond acceptors (Lipinski definition) is 2. The summed E-state index contributed by atoms with van der Waals surface area (Å²) < 4.78 is 0. The Morgan fingerprint density at radius 3 is 2.50 bits per heavy atom. The molecule has 0 saturated carbocycles. The Kier molecular flexibility index (Phi) is 5.26. The van der Waals surface area contributed by atoms with Crippen LogP contribution in [0.15, 0.2) is 18.2 Å². The van der Waals surface area contributed by atoms with E-state index in [-0.39, 0.29) is 6.04 Å². The van der Waals surface area contributed by atoms with Crippen molar-refractivity contribution >= 4 is 11.6 Å². The predicted molar refractivity (Wildman–Crippen MR) is 70.3 cm³/mol. The maximum absolute atomic E-state index is 6.11. The second kappa shape index (κ2) is 6.24. The third-order valence-electron chi connectivity index (χ3n) is 2.83. The van der Waals surface area contributed by atoms with Crippen LogP contribution in [0.2, 0.25) is 5.02 Å². The zero-order valence-corrected chi connectivity index (χ0v) is 11.0. The van der Waals surface area contributed by atoms with E-state index in [9.17, 15) is 0 Å². The van der Waals surface area contributed by atoms with Crippen molar-refractivity contribution in [3.63, 3.8) is 0 Å². The predicted octanol–water partition coefficient (Wildman–Crippen LogP) is 3.59. The number of rotatable bonds is 5. The van der Waals surface area contributed by atoms with Crippen LogP contribution in [0.5, 0.6) is 0 Å². The Bertz CT molecular complexity index is 337. The standard InChI is InChI=1S/C13H21ClN2/c1-9(2)4-7-13(16-15)11-6-5-10(3)12(14)8-11/h5-6,8-9,13,16H,4,7,15H2,1-3H3. The van der Waals surface area contributed by atoms with Crippen molar-refractivity contribution in [2.24, 2.45) is 11.8 Å². The zero-order valence-electron chi connectivity index (χ0n) is 10.3. The Morgan fingerprint density at radius 2 is 2.00 bits per heavy atom. The molecule has 1 atom stereocenters. The van der Waals surface area contributed by atoms with Crippen LogP contribution in [0.3, 0.4) is 0 Å². The van der Waals surface area contributed by atoms with Gasteiger partial charge >= 0.3 is 0 Å². The molecule has 1 aromatic rings. The number of benzene rings is 1. The van der Waals surface area contributed by atoms with Crippen LogP contribution in [-0.2, 0) is 0 Å². The van der Waals surface area contributed by atoms with E-state index in [1.807, 2.05) is 19.1 Å². The molecule has 2 nitrogen and oxygen atoms in total. The molecular formula is C13H21ClN2. The largest absolute Gasteiger partial charge is 0.271 e. The molecule has 0 heterocycles. The third-order valence-corrected chi connectivity index (χ3v) is 3.24. The first kappa shape index (κ1) is 13.5. The summed E-state index contributed by atoms with van der Waals surface area (Å²) in [6, 6.07) is 6.33. The molecule has 0 saturated heterocycles. The van der Waals surface area contributed by atoms with Crippen molar-refractivity contribution in [1.82, 2.24) is 5.43 Å². The minimum atomic E-state index is 0.195. The van der Waals surface area contributed by atoms with Crippen LogP contribution >= 0.6 is 11.6 Å². The van der Waals surface area contributed by atoms with Crippen LogP contribution in [0.4, 0.5) is 0 Å². The van der Waals surface area contributed by atoms with Gasteiger partial charge in [0.25, 0.3) is 0 Å². The van der Waals surface area contributed by atoms with Crippen molar-refractivity contribution in [1.29, 1.82) is 0 Å². The lowest BCUT2D eigenvalue weighted by Crippen LogP contribution is -2.28. The van der Waals surface area contributed by atoms with Crippen molar-refractivity contribution in [2.45, 2.75) is 39.7 Å². The average Bonchev–Trinajstić information content (AvgIpc) is 2.23. The lowest BCUT2D eigenvalue weighted by Gasteiger charge is -2.18. The fourth-order valence-electron chi connectivity index (χ4n) is 1.67. The summed E-state index contributed by atoms with van der Waals surface area (Å²) in [5.41, 5.74) is 5.13. The first-order valence-electron chi connectivity index (χ1n) is 5.76. The molecule has 16 heavy (non-hydrogen) atoms. The van der Waals surface area contributed by atoms with E-state index in [2.05, 4.69) is 25.3 Å². The van der Waals surface area contributed by atoms with Gasteiger partial charge in [-0.1, -0.05) is 37.6 Å². The van der Waals surface area contributed by atoms with E-state index in [0.29, 0.717) is 5.92 Å². The molecule has 0 aliphatic carbocycles. The number of hydrazine groups is 1. The molecule has 0 bridgehead atoms. The van der Waals surface area contributed by atoms with Crippen molar-refractivity contribution in [3.8, 4) is 0 Å². The average molecular weight is 241 g/mol. The molecule has 0 spiro atoms. The quantitative estimate of drug-likeness (QED) is 0.610. The van der Waals surface area contributed by atoms with Gasteiger partial charge in [-0.25, -0.2) is 0 Å². The molecule has 0 aliphatic heterocycles. The summed E-state index contributed by atoms with van der Waals surface area (Å²) >= 11 is 6.11. The van der Waals surface area contributed by atoms with Gasteiger partial charge in [0.1, 0.15) is 0 Å². The second-order valence-electron chi connectivity index (χ2n) is 4.70. The van der Waals surface area contributed by atoms with Gasteiger partial charge in [-0.3, -0.25) is 11.3 Å². The van der Waals surface area contributed by atoms with E-state index in [1.54, 1.807) is 0 Å². The topological polar surface area (TPSA) is 38.0 Å². The highest BCUT2D eigenvalue weighted by molar-refractivity contribution is 6.31. The molecule has 3 heteroatoms. The third kappa shape index (κ3) is 3.78. The molecule has 1 aromatic carbocycles. The van der Waals surface area contributed by atoms with E-state index in [0.717, 1.165) is 23.4 Å². The maximum Gasteiger partial charge on any atom is 0.0460 e. The van der Waals surface area contributed by atoms with Crippen LogP contribution in [0.1, 0.15) is 43.9 Å². The van der Waals surface area contributed by atoms with Crippen LogP contribution in [-0.4, -0.2) is 0 Å². The summed E-state index contributed by atoms with van der Waals surface area (Å²) in [5.74, 6) is 6.28. The van der Waals surface area contributed by atoms with Gasteiger partial charge in [-0.15, -0.1) is 0 Å². The van der Waals surface area contributed by atoms with Crippen molar-refractivity contribution in [3.05, 3.63) is 34.3 Å². The molecule has 0 radical (unpaired) electrons. The Hall–Kier alpha value is -0.570. The summed E-state index contributed by atoms with van der Waals surface area (Å²) in [7, 11) is 0. The molecule has 0 aromatic heterocycles. The first-order valence-corrected chi connectivity index (χ1v) is 6.14. The lowest BCUT2D eigenvalue weighted by atomic mass is 9.97. The second-order valence-corrected chi connectivity index (χ2v) is 5.11. The molecule has 0 aliphatic rings. The number of nitrogens with two attached hydrogens (primary N) is 1. The summed E-state index contributed by atoms with van der Waals surface area (Å²) in [4.78, 5) is 0. The number of hydrogen-bond donors (Lipinski definition) is 2. The Labute approximate surface area is 103 Å². The van der Waals surface area contributed by atoms with Gasteiger partial charge in [0.15, 0.2) is 0 Å². The number of halogens is 1. The number of aryl methyl sites for hydroxylation is 1. The van der Waals surface area contributed by atoms with Crippen LogP contribution < -0.4 is 11.3 Å². The van der Waals surface area contributed by atoms with E-state index in [4.69, 9.17) is 17.4 Å². The monoisotopic (exact) mass is 240 g/mol. The van der Waals surface area contributed by atoms with Crippen molar-refractivity contribution in [2.75, 3.05) is 0 Å². The highest BCUT2D eigenvalue weighted by atomic mass is 35.5. The molecular weight excluding hydrogens is 220 g/mol. The molecule has 90 valence electrons. The summed E-state index contributed by atoms with van der Waals surface area (Å²) in [5, 5.41) is 0.808. The Balaban J connectivity index is 2.74. The van der Waals surface area contributed by atoms with E-state index < -0.39 is 0 Å². The minimum absolute atomic E-state index is 0.195. The van der Waals surface area contributed by atoms with Gasteiger partial charge in [0.2, 0.25) is 0 Å². The van der Waals surface area contributed by atoms with E-state index >= 15 is 0 Å². The molecule has 0 amide bonds. The smallest absolute Gasteiger partial charge is 0.0460 e. The molecule has 3 N–H and O–H groups in total. The van der Waals surface area contributed by atoms with Gasteiger partial charge in [-0.05, 0) is 42.9 Å². The highest BCUT2D eigenvalue weighted by Gasteiger charge is 2.11. The normalized spacial score (nSPS) is 13.1. The Morgan fingerprint density at radius 1 is 1.31 bits per heavy atom. The van der Waals surface area contributed by atoms with Gasteiger partial charge in [0, 0.05) is 11.1 Å². The fraction of sp³-hybridized carbons (Fsp3) is 0.538. The van der Waals surface area contributed by atoms with Crippen molar-refractivity contribution < 1.29 is 0 Å². The minimum Gasteiger partial charge on any atom is -0.271 e. The molecule has 0 fully saturated rings. The summed E-state index contributed by atoms with van der Waals surface area (Å²) in [6.45, 7) is 6.44. The lowest BCUT2D eigenvalue weighted by molar-refractivity contribution is 0.448. The van der Waals surface area contributed by atoms with E-state index in [1.165, 1.54) is 5.56 Å².